The first-order valence-electron chi connectivity index (χ1n) is 6.51. The van der Waals surface area contributed by atoms with E-state index in [2.05, 4.69) is 24.0 Å². The molecule has 2 rings (SSSR count). The molecule has 1 aromatic heterocycles. The van der Waals surface area contributed by atoms with Gasteiger partial charge in [-0.15, -0.1) is 10.2 Å². The quantitative estimate of drug-likeness (QED) is 0.910. The van der Waals surface area contributed by atoms with Crippen molar-refractivity contribution in [3.63, 3.8) is 0 Å². The zero-order valence-electron chi connectivity index (χ0n) is 11.3. The molecule has 1 aromatic rings. The summed E-state index contributed by atoms with van der Waals surface area (Å²) in [6.07, 6.45) is 5.10. The average molecular weight is 270 g/mol. The Balaban J connectivity index is 2.05. The number of methoxy groups -OCH3 is 1. The number of nitrogens with zero attached hydrogens (tertiary/aromatic N) is 3. The lowest BCUT2D eigenvalue weighted by molar-refractivity contribution is 0.0730. The molecule has 1 heterocycles. The van der Waals surface area contributed by atoms with Crippen LogP contribution in [0.3, 0.4) is 0 Å². The second-order valence-electron chi connectivity index (χ2n) is 5.07. The van der Waals surface area contributed by atoms with Crippen LogP contribution < -0.4 is 5.73 Å². The molecule has 102 valence electrons. The minimum atomic E-state index is 0.296. The molecule has 1 aliphatic carbocycles. The van der Waals surface area contributed by atoms with E-state index in [0.29, 0.717) is 23.3 Å². The SMILES string of the molecule is COC1CCCC(Sc2nnc(N)n2C(C)C)C1. The third-order valence-corrected chi connectivity index (χ3v) is 4.64. The Bertz CT molecular complexity index is 393. The molecule has 2 atom stereocenters. The summed E-state index contributed by atoms with van der Waals surface area (Å²) in [5, 5.41) is 9.67. The van der Waals surface area contributed by atoms with Crippen molar-refractivity contribution in [2.45, 2.75) is 62.1 Å². The van der Waals surface area contributed by atoms with Crippen molar-refractivity contribution in [1.82, 2.24) is 14.8 Å². The lowest BCUT2D eigenvalue weighted by atomic mass is 9.97. The third kappa shape index (κ3) is 2.98. The minimum absolute atomic E-state index is 0.296. The molecule has 1 aliphatic rings. The molecule has 0 spiro atoms. The summed E-state index contributed by atoms with van der Waals surface area (Å²) in [5.74, 6) is 0.506. The molecule has 2 unspecified atom stereocenters. The highest BCUT2D eigenvalue weighted by atomic mass is 32.2. The van der Waals surface area contributed by atoms with Crippen molar-refractivity contribution < 1.29 is 4.74 Å². The summed E-state index contributed by atoms with van der Waals surface area (Å²) in [6, 6.07) is 0.296. The van der Waals surface area contributed by atoms with Crippen LogP contribution in [0.1, 0.15) is 45.6 Å². The van der Waals surface area contributed by atoms with Crippen LogP contribution >= 0.6 is 11.8 Å². The van der Waals surface area contributed by atoms with Gasteiger partial charge in [0.05, 0.1) is 6.10 Å². The van der Waals surface area contributed by atoms with E-state index in [9.17, 15) is 0 Å². The Labute approximate surface area is 112 Å². The van der Waals surface area contributed by atoms with Gasteiger partial charge >= 0.3 is 0 Å². The maximum absolute atomic E-state index is 5.85. The predicted molar refractivity (Wildman–Crippen MR) is 73.7 cm³/mol. The molecular weight excluding hydrogens is 248 g/mol. The molecule has 0 radical (unpaired) electrons. The summed E-state index contributed by atoms with van der Waals surface area (Å²) in [5.41, 5.74) is 5.85. The maximum Gasteiger partial charge on any atom is 0.222 e. The van der Waals surface area contributed by atoms with E-state index < -0.39 is 0 Å². The van der Waals surface area contributed by atoms with Gasteiger partial charge in [0, 0.05) is 18.4 Å². The average Bonchev–Trinajstić information content (AvgIpc) is 2.70. The number of aromatic nitrogens is 3. The summed E-state index contributed by atoms with van der Waals surface area (Å²) in [7, 11) is 1.80. The van der Waals surface area contributed by atoms with Crippen LogP contribution in [0.5, 0.6) is 0 Å². The van der Waals surface area contributed by atoms with Crippen molar-refractivity contribution >= 4 is 17.7 Å². The van der Waals surface area contributed by atoms with Gasteiger partial charge in [-0.3, -0.25) is 4.57 Å². The van der Waals surface area contributed by atoms with Crippen LogP contribution in [-0.4, -0.2) is 33.2 Å². The van der Waals surface area contributed by atoms with Gasteiger partial charge in [0.25, 0.3) is 0 Å². The third-order valence-electron chi connectivity index (χ3n) is 3.39. The highest BCUT2D eigenvalue weighted by molar-refractivity contribution is 7.99. The monoisotopic (exact) mass is 270 g/mol. The van der Waals surface area contributed by atoms with Gasteiger partial charge in [0.15, 0.2) is 5.16 Å². The molecule has 1 saturated carbocycles. The number of ether oxygens (including phenoxy) is 1. The molecule has 2 N–H and O–H groups in total. The van der Waals surface area contributed by atoms with Crippen LogP contribution in [0.15, 0.2) is 5.16 Å². The first kappa shape index (κ1) is 13.7. The van der Waals surface area contributed by atoms with Gasteiger partial charge in [0.1, 0.15) is 0 Å². The van der Waals surface area contributed by atoms with Crippen LogP contribution in [-0.2, 0) is 4.74 Å². The van der Waals surface area contributed by atoms with Crippen molar-refractivity contribution in [3.8, 4) is 0 Å². The van der Waals surface area contributed by atoms with E-state index in [0.717, 1.165) is 11.6 Å². The number of hydrogen-bond acceptors (Lipinski definition) is 5. The molecule has 18 heavy (non-hydrogen) atoms. The lowest BCUT2D eigenvalue weighted by Gasteiger charge is -2.27. The lowest BCUT2D eigenvalue weighted by Crippen LogP contribution is -2.23. The van der Waals surface area contributed by atoms with E-state index in [-0.39, 0.29) is 0 Å². The number of hydrogen-bond donors (Lipinski definition) is 1. The van der Waals surface area contributed by atoms with Crippen molar-refractivity contribution in [2.75, 3.05) is 12.8 Å². The smallest absolute Gasteiger partial charge is 0.222 e. The number of anilines is 1. The normalized spacial score (nSPS) is 24.7. The number of nitrogens with two attached hydrogens (primary N) is 1. The van der Waals surface area contributed by atoms with Gasteiger partial charge in [-0.2, -0.15) is 0 Å². The van der Waals surface area contributed by atoms with Crippen LogP contribution in [0, 0.1) is 0 Å². The fourth-order valence-corrected chi connectivity index (χ4v) is 3.83. The van der Waals surface area contributed by atoms with E-state index in [1.54, 1.807) is 18.9 Å². The molecule has 0 saturated heterocycles. The summed E-state index contributed by atoms with van der Waals surface area (Å²) in [4.78, 5) is 0. The molecule has 0 aliphatic heterocycles. The molecule has 0 bridgehead atoms. The fourth-order valence-electron chi connectivity index (χ4n) is 2.43. The molecule has 0 amide bonds. The molecule has 0 aromatic carbocycles. The largest absolute Gasteiger partial charge is 0.381 e. The zero-order chi connectivity index (χ0) is 13.1. The van der Waals surface area contributed by atoms with Gasteiger partial charge in [0.2, 0.25) is 5.95 Å². The number of rotatable bonds is 4. The topological polar surface area (TPSA) is 66.0 Å². The molecule has 5 nitrogen and oxygen atoms in total. The van der Waals surface area contributed by atoms with Crippen LogP contribution in [0.25, 0.3) is 0 Å². The number of thioether (sulfide) groups is 1. The minimum Gasteiger partial charge on any atom is -0.381 e. The first-order valence-corrected chi connectivity index (χ1v) is 7.39. The Morgan fingerprint density at radius 2 is 2.17 bits per heavy atom. The second-order valence-corrected chi connectivity index (χ2v) is 6.34. The van der Waals surface area contributed by atoms with Gasteiger partial charge < -0.3 is 10.5 Å². The molecule has 1 fully saturated rings. The van der Waals surface area contributed by atoms with E-state index >= 15 is 0 Å². The Morgan fingerprint density at radius 3 is 2.83 bits per heavy atom. The maximum atomic E-state index is 5.85. The van der Waals surface area contributed by atoms with Crippen LogP contribution in [0.2, 0.25) is 0 Å². The highest BCUT2D eigenvalue weighted by Gasteiger charge is 2.25. The summed E-state index contributed by atoms with van der Waals surface area (Å²) < 4.78 is 7.46. The Kier molecular flexibility index (Phi) is 4.50. The van der Waals surface area contributed by atoms with Gasteiger partial charge in [-0.05, 0) is 39.5 Å². The summed E-state index contributed by atoms with van der Waals surface area (Å²) in [6.45, 7) is 4.20. The first-order chi connectivity index (χ1) is 8.61. The Morgan fingerprint density at radius 1 is 1.39 bits per heavy atom. The summed E-state index contributed by atoms with van der Waals surface area (Å²) >= 11 is 1.79. The van der Waals surface area contributed by atoms with Gasteiger partial charge in [-0.1, -0.05) is 11.8 Å². The molecule has 6 heteroatoms. The zero-order valence-corrected chi connectivity index (χ0v) is 12.1. The van der Waals surface area contributed by atoms with E-state index in [1.165, 1.54) is 19.3 Å². The standard InChI is InChI=1S/C12H22N4OS/c1-8(2)16-11(13)14-15-12(16)18-10-6-4-5-9(7-10)17-3/h8-10H,4-7H2,1-3H3,(H2,13,14). The molecular formula is C12H22N4OS. The van der Waals surface area contributed by atoms with Gasteiger partial charge in [-0.25, -0.2) is 0 Å². The van der Waals surface area contributed by atoms with Crippen molar-refractivity contribution in [3.05, 3.63) is 0 Å². The Hall–Kier alpha value is -0.750. The second kappa shape index (κ2) is 5.93. The highest BCUT2D eigenvalue weighted by Crippen LogP contribution is 2.35. The van der Waals surface area contributed by atoms with Crippen LogP contribution in [0.4, 0.5) is 5.95 Å². The predicted octanol–water partition coefficient (Wildman–Crippen LogP) is 2.49. The van der Waals surface area contributed by atoms with Crippen molar-refractivity contribution in [2.24, 2.45) is 0 Å². The fraction of sp³-hybridized carbons (Fsp3) is 0.833. The number of nitrogen functional groups attached to an aromatic ring is 1. The van der Waals surface area contributed by atoms with E-state index in [4.69, 9.17) is 10.5 Å². The van der Waals surface area contributed by atoms with Crippen molar-refractivity contribution in [1.29, 1.82) is 0 Å². The van der Waals surface area contributed by atoms with E-state index in [1.807, 2.05) is 4.57 Å².